The normalized spacial score (nSPS) is 46.0. The number of ether oxygens (including phenoxy) is 1. The first kappa shape index (κ1) is 17.3. The van der Waals surface area contributed by atoms with E-state index in [0.717, 1.165) is 32.1 Å². The van der Waals surface area contributed by atoms with Crippen LogP contribution in [0.1, 0.15) is 65.2 Å². The second-order valence-corrected chi connectivity index (χ2v) is 9.28. The molecule has 3 fully saturated rings. The zero-order chi connectivity index (χ0) is 17.8. The summed E-state index contributed by atoms with van der Waals surface area (Å²) < 4.78 is 5.81. The maximum atomic E-state index is 11.9. The van der Waals surface area contributed by atoms with Crippen LogP contribution in [0, 0.1) is 28.6 Å². The number of rotatable bonds is 3. The monoisotopic (exact) mass is 346 g/mol. The lowest BCUT2D eigenvalue weighted by Gasteiger charge is -2.58. The minimum atomic E-state index is -0.868. The van der Waals surface area contributed by atoms with Gasteiger partial charge in [-0.2, -0.15) is 0 Å². The molecule has 1 N–H and O–H groups in total. The lowest BCUT2D eigenvalue weighted by Crippen LogP contribution is -2.51. The molecule has 138 valence electrons. The molecule has 4 rings (SSSR count). The molecule has 0 aliphatic heterocycles. The standard InChI is InChI=1S/C21H30O4/c1-20-9-7-14(22)11-13(20)3-4-15-16-5-6-18(25-12-19(23)24)21(16,2)10-8-17(15)20/h11,15-18H,3-10,12H2,1-2H3,(H,23,24)/t15-,16-,17-,18-,20-,21-/m0/s1. The number of hydrogen-bond acceptors (Lipinski definition) is 3. The summed E-state index contributed by atoms with van der Waals surface area (Å²) in [7, 11) is 0. The van der Waals surface area contributed by atoms with Crippen LogP contribution >= 0.6 is 0 Å². The van der Waals surface area contributed by atoms with Gasteiger partial charge in [0.2, 0.25) is 0 Å². The third-order valence-corrected chi connectivity index (χ3v) is 8.28. The highest BCUT2D eigenvalue weighted by atomic mass is 16.5. The van der Waals surface area contributed by atoms with E-state index >= 15 is 0 Å². The van der Waals surface area contributed by atoms with E-state index in [0.29, 0.717) is 30.0 Å². The molecule has 0 unspecified atom stereocenters. The lowest BCUT2D eigenvalue weighted by atomic mass is 9.47. The number of carbonyl (C=O) groups is 2. The molecule has 4 nitrogen and oxygen atoms in total. The molecule has 0 amide bonds. The van der Waals surface area contributed by atoms with Gasteiger partial charge in [0.15, 0.2) is 5.78 Å². The number of carbonyl (C=O) groups excluding carboxylic acids is 1. The molecule has 4 aliphatic rings. The van der Waals surface area contributed by atoms with Crippen molar-refractivity contribution in [3.05, 3.63) is 11.6 Å². The molecule has 0 heterocycles. The molecule has 0 spiro atoms. The molecule has 4 aliphatic carbocycles. The van der Waals surface area contributed by atoms with Gasteiger partial charge in [0.25, 0.3) is 0 Å². The van der Waals surface area contributed by atoms with E-state index in [9.17, 15) is 9.59 Å². The van der Waals surface area contributed by atoms with Gasteiger partial charge >= 0.3 is 5.97 Å². The number of aliphatic carboxylic acids is 1. The minimum Gasteiger partial charge on any atom is -0.480 e. The number of fused-ring (bicyclic) bond motifs is 5. The molecule has 0 aromatic heterocycles. The van der Waals surface area contributed by atoms with Crippen molar-refractivity contribution in [3.63, 3.8) is 0 Å². The third kappa shape index (κ3) is 2.59. The quantitative estimate of drug-likeness (QED) is 0.839. The Balaban J connectivity index is 1.57. The number of ketones is 1. The summed E-state index contributed by atoms with van der Waals surface area (Å²) in [5.41, 5.74) is 1.74. The fourth-order valence-electron chi connectivity index (χ4n) is 6.96. The maximum Gasteiger partial charge on any atom is 0.329 e. The van der Waals surface area contributed by atoms with Crippen LogP contribution in [0.3, 0.4) is 0 Å². The summed E-state index contributed by atoms with van der Waals surface area (Å²) in [5.74, 6) is 1.47. The Labute approximate surface area is 150 Å². The van der Waals surface area contributed by atoms with Crippen molar-refractivity contribution in [1.29, 1.82) is 0 Å². The van der Waals surface area contributed by atoms with Crippen LogP contribution in [0.2, 0.25) is 0 Å². The predicted molar refractivity (Wildman–Crippen MR) is 94.1 cm³/mol. The van der Waals surface area contributed by atoms with Crippen molar-refractivity contribution in [1.82, 2.24) is 0 Å². The average molecular weight is 346 g/mol. The highest BCUT2D eigenvalue weighted by Gasteiger charge is 2.59. The van der Waals surface area contributed by atoms with Crippen LogP contribution in [0.15, 0.2) is 11.6 Å². The van der Waals surface area contributed by atoms with Gasteiger partial charge in [-0.3, -0.25) is 4.79 Å². The van der Waals surface area contributed by atoms with E-state index in [-0.39, 0.29) is 23.5 Å². The number of hydrogen-bond donors (Lipinski definition) is 1. The first-order valence-corrected chi connectivity index (χ1v) is 9.92. The van der Waals surface area contributed by atoms with Crippen molar-refractivity contribution in [2.24, 2.45) is 28.6 Å². The largest absolute Gasteiger partial charge is 0.480 e. The molecule has 0 saturated heterocycles. The fraction of sp³-hybridized carbons (Fsp3) is 0.810. The maximum absolute atomic E-state index is 11.9. The van der Waals surface area contributed by atoms with Crippen molar-refractivity contribution in [2.75, 3.05) is 6.61 Å². The topological polar surface area (TPSA) is 63.6 Å². The predicted octanol–water partition coefficient (Wildman–Crippen LogP) is 3.99. The van der Waals surface area contributed by atoms with Gasteiger partial charge in [-0.15, -0.1) is 0 Å². The number of carboxylic acid groups (broad SMARTS) is 1. The van der Waals surface area contributed by atoms with Crippen LogP contribution in [-0.4, -0.2) is 29.6 Å². The van der Waals surface area contributed by atoms with Crippen LogP contribution in [0.5, 0.6) is 0 Å². The molecule has 0 radical (unpaired) electrons. The fourth-order valence-corrected chi connectivity index (χ4v) is 6.96. The number of carboxylic acids is 1. The van der Waals surface area contributed by atoms with E-state index in [2.05, 4.69) is 13.8 Å². The first-order valence-electron chi connectivity index (χ1n) is 9.92. The van der Waals surface area contributed by atoms with Gasteiger partial charge < -0.3 is 9.84 Å². The Morgan fingerprint density at radius 3 is 2.72 bits per heavy atom. The van der Waals surface area contributed by atoms with Crippen LogP contribution in [0.4, 0.5) is 0 Å². The zero-order valence-corrected chi connectivity index (χ0v) is 15.4. The van der Waals surface area contributed by atoms with Gasteiger partial charge in [-0.25, -0.2) is 4.79 Å². The minimum absolute atomic E-state index is 0.0900. The van der Waals surface area contributed by atoms with Gasteiger partial charge in [-0.05, 0) is 79.6 Å². The molecule has 3 saturated carbocycles. The molecular weight excluding hydrogens is 316 g/mol. The highest BCUT2D eigenvalue weighted by Crippen LogP contribution is 2.65. The van der Waals surface area contributed by atoms with Gasteiger partial charge in [0, 0.05) is 6.42 Å². The van der Waals surface area contributed by atoms with Gasteiger partial charge in [0.05, 0.1) is 6.10 Å². The lowest BCUT2D eigenvalue weighted by molar-refractivity contribution is -0.150. The van der Waals surface area contributed by atoms with Gasteiger partial charge in [0.1, 0.15) is 6.61 Å². The van der Waals surface area contributed by atoms with E-state index in [1.165, 1.54) is 18.4 Å². The average Bonchev–Trinajstić information content (AvgIpc) is 2.90. The SMILES string of the molecule is C[C@]12CC[C@H]3[C@@H](CCC4=CC(=O)CC[C@@]43C)[C@@H]1CC[C@@H]2OCC(=O)O. The smallest absolute Gasteiger partial charge is 0.329 e. The second-order valence-electron chi connectivity index (χ2n) is 9.28. The molecule has 0 bridgehead atoms. The zero-order valence-electron chi connectivity index (χ0n) is 15.4. The third-order valence-electron chi connectivity index (χ3n) is 8.28. The Hall–Kier alpha value is -1.16. The van der Waals surface area contributed by atoms with E-state index in [1.807, 2.05) is 6.08 Å². The van der Waals surface area contributed by atoms with Crippen molar-refractivity contribution < 1.29 is 19.4 Å². The summed E-state index contributed by atoms with van der Waals surface area (Å²) in [6.07, 6.45) is 10.5. The summed E-state index contributed by atoms with van der Waals surface area (Å²) >= 11 is 0. The molecule has 6 atom stereocenters. The first-order chi connectivity index (χ1) is 11.8. The summed E-state index contributed by atoms with van der Waals surface area (Å²) in [5, 5.41) is 8.97. The highest BCUT2D eigenvalue weighted by molar-refractivity contribution is 5.91. The van der Waals surface area contributed by atoms with Gasteiger partial charge in [-0.1, -0.05) is 19.4 Å². The molecule has 0 aromatic rings. The van der Waals surface area contributed by atoms with Crippen LogP contribution < -0.4 is 0 Å². The molecule has 0 aromatic carbocycles. The molecule has 4 heteroatoms. The van der Waals surface area contributed by atoms with Crippen LogP contribution in [-0.2, 0) is 14.3 Å². The Bertz CT molecular complexity index is 623. The second kappa shape index (κ2) is 5.94. The van der Waals surface area contributed by atoms with Crippen LogP contribution in [0.25, 0.3) is 0 Å². The Morgan fingerprint density at radius 1 is 1.16 bits per heavy atom. The number of allylic oxidation sites excluding steroid dienone is 1. The van der Waals surface area contributed by atoms with E-state index in [1.54, 1.807) is 0 Å². The van der Waals surface area contributed by atoms with Crippen molar-refractivity contribution in [2.45, 2.75) is 71.3 Å². The van der Waals surface area contributed by atoms with E-state index < -0.39 is 5.97 Å². The van der Waals surface area contributed by atoms with Crippen molar-refractivity contribution >= 4 is 11.8 Å². The summed E-state index contributed by atoms with van der Waals surface area (Å²) in [6.45, 7) is 4.57. The molecule has 25 heavy (non-hydrogen) atoms. The van der Waals surface area contributed by atoms with E-state index in [4.69, 9.17) is 9.84 Å². The Kier molecular flexibility index (Phi) is 4.10. The summed E-state index contributed by atoms with van der Waals surface area (Å²) in [4.78, 5) is 22.8. The molecular formula is C21H30O4. The van der Waals surface area contributed by atoms with Crippen molar-refractivity contribution in [3.8, 4) is 0 Å². The summed E-state index contributed by atoms with van der Waals surface area (Å²) in [6, 6.07) is 0. The Morgan fingerprint density at radius 2 is 1.96 bits per heavy atom.